The van der Waals surface area contributed by atoms with Gasteiger partial charge in [-0.25, -0.2) is 18.7 Å². The average molecular weight is 577 g/mol. The number of hydrogen-bond acceptors (Lipinski definition) is 6. The summed E-state index contributed by atoms with van der Waals surface area (Å²) < 4.78 is 28.3. The zero-order chi connectivity index (χ0) is 29.1. The normalized spacial score (nSPS) is 11.9. The molecule has 12 heteroatoms. The van der Waals surface area contributed by atoms with E-state index in [-0.39, 0.29) is 30.9 Å². The molecule has 1 atom stereocenters. The standard InChI is InChI=1S/C29H26F2N6O3S/c1-36(2)25(38)10-9-23(28-35-24(16-41-28)20-14-33-26-18(20)5-3-11-32-26)34-27(39)19-6-4-12-37(29(19)40)15-17-7-8-21(30)22(31)13-17/h3-8,11-14,16,23H,9-10,15H2,1-2H3,(H,32,33)(H,34,39). The van der Waals surface area contributed by atoms with Crippen molar-refractivity contribution in [2.45, 2.75) is 25.4 Å². The van der Waals surface area contributed by atoms with E-state index in [2.05, 4.69) is 15.3 Å². The Morgan fingerprint density at radius 3 is 2.76 bits per heavy atom. The summed E-state index contributed by atoms with van der Waals surface area (Å²) in [5.74, 6) is -2.76. The van der Waals surface area contributed by atoms with Crippen molar-refractivity contribution >= 4 is 34.2 Å². The number of pyridine rings is 2. The molecule has 210 valence electrons. The van der Waals surface area contributed by atoms with Crippen molar-refractivity contribution in [3.8, 4) is 11.3 Å². The maximum atomic E-state index is 13.7. The first-order valence-electron chi connectivity index (χ1n) is 12.7. The molecule has 41 heavy (non-hydrogen) atoms. The second-order valence-corrected chi connectivity index (χ2v) is 10.5. The molecule has 0 aliphatic carbocycles. The van der Waals surface area contributed by atoms with Crippen LogP contribution in [-0.2, 0) is 11.3 Å². The second-order valence-electron chi connectivity index (χ2n) is 9.63. The lowest BCUT2D eigenvalue weighted by atomic mass is 10.1. The van der Waals surface area contributed by atoms with Crippen LogP contribution in [0.5, 0.6) is 0 Å². The van der Waals surface area contributed by atoms with Crippen molar-refractivity contribution in [1.82, 2.24) is 29.7 Å². The van der Waals surface area contributed by atoms with E-state index in [9.17, 15) is 23.2 Å². The first-order chi connectivity index (χ1) is 19.7. The van der Waals surface area contributed by atoms with Crippen LogP contribution in [0, 0.1) is 11.6 Å². The first-order valence-corrected chi connectivity index (χ1v) is 13.6. The van der Waals surface area contributed by atoms with Crippen LogP contribution < -0.4 is 10.9 Å². The summed E-state index contributed by atoms with van der Waals surface area (Å²) in [5, 5.41) is 6.23. The molecule has 0 aliphatic heterocycles. The van der Waals surface area contributed by atoms with Crippen LogP contribution in [0.2, 0.25) is 0 Å². The molecule has 0 fully saturated rings. The molecule has 0 spiro atoms. The summed E-state index contributed by atoms with van der Waals surface area (Å²) >= 11 is 1.34. The highest BCUT2D eigenvalue weighted by Gasteiger charge is 2.23. The minimum absolute atomic E-state index is 0.0484. The van der Waals surface area contributed by atoms with Gasteiger partial charge in [-0.3, -0.25) is 14.4 Å². The van der Waals surface area contributed by atoms with Gasteiger partial charge in [0.1, 0.15) is 16.2 Å². The van der Waals surface area contributed by atoms with Gasteiger partial charge in [0.2, 0.25) is 5.91 Å². The number of amides is 2. The van der Waals surface area contributed by atoms with E-state index in [1.165, 1.54) is 45.2 Å². The lowest BCUT2D eigenvalue weighted by Crippen LogP contribution is -2.35. The van der Waals surface area contributed by atoms with E-state index in [0.29, 0.717) is 16.3 Å². The predicted molar refractivity (Wildman–Crippen MR) is 151 cm³/mol. The van der Waals surface area contributed by atoms with Crippen molar-refractivity contribution in [1.29, 1.82) is 0 Å². The number of fused-ring (bicyclic) bond motifs is 1. The molecule has 9 nitrogen and oxygen atoms in total. The SMILES string of the molecule is CN(C)C(=O)CCC(NC(=O)c1cccn(Cc2ccc(F)c(F)c2)c1=O)c1nc(-c2c[nH]c3ncccc23)cs1. The van der Waals surface area contributed by atoms with E-state index in [4.69, 9.17) is 4.98 Å². The summed E-state index contributed by atoms with van der Waals surface area (Å²) in [7, 11) is 3.31. The van der Waals surface area contributed by atoms with Crippen LogP contribution in [0.15, 0.2) is 71.2 Å². The van der Waals surface area contributed by atoms with Crippen molar-refractivity contribution in [2.75, 3.05) is 14.1 Å². The largest absolute Gasteiger partial charge is 0.349 e. The van der Waals surface area contributed by atoms with Gasteiger partial charge in [0.05, 0.1) is 18.3 Å². The van der Waals surface area contributed by atoms with Crippen LogP contribution in [0.3, 0.4) is 0 Å². The molecule has 4 aromatic heterocycles. The van der Waals surface area contributed by atoms with Crippen molar-refractivity contribution in [2.24, 2.45) is 0 Å². The quantitative estimate of drug-likeness (QED) is 0.268. The Morgan fingerprint density at radius 1 is 1.15 bits per heavy atom. The number of nitrogens with one attached hydrogen (secondary N) is 2. The Hall–Kier alpha value is -4.71. The summed E-state index contributed by atoms with van der Waals surface area (Å²) in [6, 6.07) is 9.43. The molecular weight excluding hydrogens is 550 g/mol. The van der Waals surface area contributed by atoms with Gasteiger partial charge >= 0.3 is 0 Å². The fourth-order valence-corrected chi connectivity index (χ4v) is 5.30. The van der Waals surface area contributed by atoms with E-state index in [1.807, 2.05) is 23.7 Å². The van der Waals surface area contributed by atoms with Crippen LogP contribution in [0.4, 0.5) is 8.78 Å². The lowest BCUT2D eigenvalue weighted by molar-refractivity contribution is -0.128. The fraction of sp³-hybridized carbons (Fsp3) is 0.207. The molecule has 0 saturated carbocycles. The number of nitrogens with zero attached hydrogens (tertiary/aromatic N) is 4. The maximum absolute atomic E-state index is 13.7. The zero-order valence-electron chi connectivity index (χ0n) is 22.2. The highest BCUT2D eigenvalue weighted by molar-refractivity contribution is 7.10. The molecule has 1 unspecified atom stereocenters. The molecule has 0 aliphatic rings. The molecule has 2 N–H and O–H groups in total. The summed E-state index contributed by atoms with van der Waals surface area (Å²) in [6.45, 7) is -0.0484. The van der Waals surface area contributed by atoms with E-state index in [0.717, 1.165) is 28.7 Å². The van der Waals surface area contributed by atoms with E-state index < -0.39 is 29.1 Å². The Kier molecular flexibility index (Phi) is 8.02. The first kappa shape index (κ1) is 27.8. The minimum atomic E-state index is -1.02. The number of rotatable bonds is 9. The van der Waals surface area contributed by atoms with Crippen molar-refractivity contribution in [3.63, 3.8) is 0 Å². The average Bonchev–Trinajstić information content (AvgIpc) is 3.61. The zero-order valence-corrected chi connectivity index (χ0v) is 23.0. The Morgan fingerprint density at radius 2 is 1.98 bits per heavy atom. The second kappa shape index (κ2) is 11.8. The van der Waals surface area contributed by atoms with Gasteiger partial charge < -0.3 is 19.8 Å². The molecule has 0 saturated heterocycles. The summed E-state index contributed by atoms with van der Waals surface area (Å²) in [5.41, 5.74) is 1.92. The number of aromatic amines is 1. The molecule has 0 bridgehead atoms. The number of H-pyrrole nitrogens is 1. The Bertz CT molecular complexity index is 1790. The molecule has 5 rings (SSSR count). The van der Waals surface area contributed by atoms with Crippen LogP contribution in [-0.4, -0.2) is 50.3 Å². The molecule has 5 aromatic rings. The highest BCUT2D eigenvalue weighted by Crippen LogP contribution is 2.32. The third-order valence-electron chi connectivity index (χ3n) is 6.60. The monoisotopic (exact) mass is 576 g/mol. The minimum Gasteiger partial charge on any atom is -0.349 e. The molecule has 2 amide bonds. The summed E-state index contributed by atoms with van der Waals surface area (Å²) in [4.78, 5) is 52.6. The summed E-state index contributed by atoms with van der Waals surface area (Å²) in [6.07, 6.45) is 5.40. The number of halogens is 2. The molecule has 0 radical (unpaired) electrons. The van der Waals surface area contributed by atoms with Gasteiger partial charge in [0, 0.05) is 55.4 Å². The molecular formula is C29H26F2N6O3S. The third kappa shape index (κ3) is 6.07. The van der Waals surface area contributed by atoms with E-state index in [1.54, 1.807) is 20.3 Å². The number of benzene rings is 1. The Balaban J connectivity index is 1.41. The van der Waals surface area contributed by atoms with Crippen LogP contribution in [0.25, 0.3) is 22.3 Å². The van der Waals surface area contributed by atoms with Gasteiger partial charge in [0.15, 0.2) is 11.6 Å². The number of aromatic nitrogens is 4. The van der Waals surface area contributed by atoms with Gasteiger partial charge in [-0.2, -0.15) is 0 Å². The number of carbonyl (C=O) groups excluding carboxylic acids is 2. The molecule has 4 heterocycles. The van der Waals surface area contributed by atoms with Gasteiger partial charge in [0.25, 0.3) is 11.5 Å². The van der Waals surface area contributed by atoms with Crippen molar-refractivity contribution in [3.05, 3.63) is 105 Å². The number of thiazole rings is 1. The van der Waals surface area contributed by atoms with Gasteiger partial charge in [-0.1, -0.05) is 6.07 Å². The smallest absolute Gasteiger partial charge is 0.263 e. The Labute approximate surface area is 237 Å². The van der Waals surface area contributed by atoms with Gasteiger partial charge in [-0.05, 0) is 48.4 Å². The van der Waals surface area contributed by atoms with Crippen LogP contribution in [0.1, 0.15) is 39.8 Å². The fourth-order valence-electron chi connectivity index (χ4n) is 4.39. The van der Waals surface area contributed by atoms with Crippen LogP contribution >= 0.6 is 11.3 Å². The number of carbonyl (C=O) groups is 2. The molecule has 1 aromatic carbocycles. The third-order valence-corrected chi connectivity index (χ3v) is 7.56. The van der Waals surface area contributed by atoms with Crippen molar-refractivity contribution < 1.29 is 18.4 Å². The van der Waals surface area contributed by atoms with E-state index >= 15 is 0 Å². The maximum Gasteiger partial charge on any atom is 0.263 e. The van der Waals surface area contributed by atoms with Gasteiger partial charge in [-0.15, -0.1) is 11.3 Å². The highest BCUT2D eigenvalue weighted by atomic mass is 32.1. The lowest BCUT2D eigenvalue weighted by Gasteiger charge is -2.18. The topological polar surface area (TPSA) is 113 Å². The predicted octanol–water partition coefficient (Wildman–Crippen LogP) is 4.51. The number of hydrogen-bond donors (Lipinski definition) is 2.